The molecule has 0 amide bonds. The molecule has 0 fully saturated rings. The lowest BCUT2D eigenvalue weighted by Crippen LogP contribution is -1.73. The number of hydrogen-bond acceptors (Lipinski definition) is 2. The van der Waals surface area contributed by atoms with Gasteiger partial charge in [-0.15, -0.1) is 12.6 Å². The Balaban J connectivity index is 2.93. The molecule has 0 aliphatic heterocycles. The minimum Gasteiger partial charge on any atom is -0.345 e. The van der Waals surface area contributed by atoms with Gasteiger partial charge >= 0.3 is 0 Å². The maximum atomic E-state index is 5.81. The molecule has 2 rings (SSSR count). The van der Waals surface area contributed by atoms with Crippen LogP contribution < -0.4 is 0 Å². The molecule has 1 aromatic heterocycles. The van der Waals surface area contributed by atoms with E-state index in [1.54, 1.807) is 12.4 Å². The van der Waals surface area contributed by atoms with E-state index in [-0.39, 0.29) is 0 Å². The van der Waals surface area contributed by atoms with Crippen LogP contribution in [0.15, 0.2) is 23.4 Å². The van der Waals surface area contributed by atoms with Gasteiger partial charge in [-0.1, -0.05) is 11.6 Å². The molecule has 11 heavy (non-hydrogen) atoms. The number of halogens is 1. The topological polar surface area (TPSA) is 28.7 Å². The van der Waals surface area contributed by atoms with Gasteiger partial charge in [-0.2, -0.15) is 0 Å². The van der Waals surface area contributed by atoms with E-state index in [9.17, 15) is 0 Å². The first-order valence-electron chi connectivity index (χ1n) is 3.09. The molecule has 0 unspecified atom stereocenters. The van der Waals surface area contributed by atoms with Gasteiger partial charge in [0.1, 0.15) is 5.52 Å². The molecule has 0 saturated heterocycles. The Morgan fingerprint density at radius 3 is 3.09 bits per heavy atom. The second-order valence-electron chi connectivity index (χ2n) is 2.19. The number of H-pyrrole nitrogens is 1. The van der Waals surface area contributed by atoms with Gasteiger partial charge in [-0.05, 0) is 12.1 Å². The second kappa shape index (κ2) is 2.43. The van der Waals surface area contributed by atoms with Crippen LogP contribution in [-0.2, 0) is 0 Å². The molecule has 4 heteroatoms. The molecule has 2 aromatic rings. The largest absolute Gasteiger partial charge is 0.345 e. The van der Waals surface area contributed by atoms with Crippen molar-refractivity contribution in [3.63, 3.8) is 0 Å². The third-order valence-electron chi connectivity index (χ3n) is 1.52. The predicted molar refractivity (Wildman–Crippen MR) is 48.4 cm³/mol. The van der Waals surface area contributed by atoms with Crippen molar-refractivity contribution in [3.8, 4) is 0 Å². The first-order valence-corrected chi connectivity index (χ1v) is 3.92. The van der Waals surface area contributed by atoms with Crippen molar-refractivity contribution in [1.82, 2.24) is 9.97 Å². The Hall–Kier alpha value is -0.670. The highest BCUT2D eigenvalue weighted by atomic mass is 35.5. The predicted octanol–water partition coefficient (Wildman–Crippen LogP) is 2.51. The van der Waals surface area contributed by atoms with Crippen molar-refractivity contribution in [3.05, 3.63) is 23.5 Å². The van der Waals surface area contributed by atoms with E-state index < -0.39 is 0 Å². The van der Waals surface area contributed by atoms with Gasteiger partial charge in [-0.3, -0.25) is 0 Å². The summed E-state index contributed by atoms with van der Waals surface area (Å²) in [5.74, 6) is 0. The number of hydrogen-bond donors (Lipinski definition) is 2. The van der Waals surface area contributed by atoms with Crippen LogP contribution in [0.25, 0.3) is 11.0 Å². The second-order valence-corrected chi connectivity index (χ2v) is 3.05. The van der Waals surface area contributed by atoms with Gasteiger partial charge in [0.05, 0.1) is 21.8 Å². The van der Waals surface area contributed by atoms with Crippen LogP contribution >= 0.6 is 24.2 Å². The van der Waals surface area contributed by atoms with Crippen LogP contribution in [0.2, 0.25) is 5.02 Å². The Morgan fingerprint density at radius 2 is 2.27 bits per heavy atom. The van der Waals surface area contributed by atoms with Crippen molar-refractivity contribution in [1.29, 1.82) is 0 Å². The summed E-state index contributed by atoms with van der Waals surface area (Å²) in [6.45, 7) is 0. The third kappa shape index (κ3) is 1.01. The Kier molecular flexibility index (Phi) is 1.55. The summed E-state index contributed by atoms with van der Waals surface area (Å²) in [7, 11) is 0. The van der Waals surface area contributed by atoms with E-state index >= 15 is 0 Å². The number of thiol groups is 1. The molecule has 2 nitrogen and oxygen atoms in total. The first kappa shape index (κ1) is 7.00. The molecule has 1 aromatic carbocycles. The van der Waals surface area contributed by atoms with Gasteiger partial charge in [0, 0.05) is 0 Å². The molecule has 0 radical (unpaired) electrons. The van der Waals surface area contributed by atoms with Crippen molar-refractivity contribution in [2.45, 2.75) is 4.90 Å². The summed E-state index contributed by atoms with van der Waals surface area (Å²) in [6, 6.07) is 3.68. The smallest absolute Gasteiger partial charge is 0.103 e. The molecule has 1 N–H and O–H groups in total. The highest BCUT2D eigenvalue weighted by Gasteiger charge is 2.02. The quantitative estimate of drug-likeness (QED) is 0.606. The standard InChI is InChI=1S/C7H5ClN2S/c8-4-1-2-5-6(7(4)11)10-3-9-5/h1-3,11H,(H,9,10). The Bertz CT molecular complexity index is 396. The van der Waals surface area contributed by atoms with E-state index in [4.69, 9.17) is 11.6 Å². The average Bonchev–Trinajstić information content (AvgIpc) is 2.45. The molecule has 0 spiro atoms. The monoisotopic (exact) mass is 184 g/mol. The molecule has 1 heterocycles. The highest BCUT2D eigenvalue weighted by molar-refractivity contribution is 7.80. The van der Waals surface area contributed by atoms with Gasteiger partial charge in [0.25, 0.3) is 0 Å². The molecule has 56 valence electrons. The number of nitrogens with one attached hydrogen (secondary N) is 1. The van der Waals surface area contributed by atoms with Crippen LogP contribution in [0.3, 0.4) is 0 Å². The minimum atomic E-state index is 0.632. The number of aromatic nitrogens is 2. The van der Waals surface area contributed by atoms with Crippen LogP contribution in [0.1, 0.15) is 0 Å². The molecule has 0 bridgehead atoms. The molecule has 0 aliphatic carbocycles. The summed E-state index contributed by atoms with van der Waals surface area (Å²) < 4.78 is 0. The van der Waals surface area contributed by atoms with Crippen molar-refractivity contribution in [2.75, 3.05) is 0 Å². The fourth-order valence-corrected chi connectivity index (χ4v) is 1.37. The number of imidazole rings is 1. The summed E-state index contributed by atoms with van der Waals surface area (Å²) in [5, 5.41) is 0.632. The van der Waals surface area contributed by atoms with E-state index in [2.05, 4.69) is 22.6 Å². The lowest BCUT2D eigenvalue weighted by molar-refractivity contribution is 1.33. The van der Waals surface area contributed by atoms with Crippen molar-refractivity contribution in [2.24, 2.45) is 0 Å². The lowest BCUT2D eigenvalue weighted by atomic mass is 10.3. The zero-order valence-corrected chi connectivity index (χ0v) is 7.15. The fraction of sp³-hybridized carbons (Fsp3) is 0. The SMILES string of the molecule is Sc1c(Cl)ccc2[nH]cnc12. The van der Waals surface area contributed by atoms with Crippen LogP contribution in [0.4, 0.5) is 0 Å². The third-order valence-corrected chi connectivity index (χ3v) is 2.42. The van der Waals surface area contributed by atoms with Gasteiger partial charge in [-0.25, -0.2) is 4.98 Å². The van der Waals surface area contributed by atoms with E-state index in [0.717, 1.165) is 15.9 Å². The Morgan fingerprint density at radius 1 is 1.45 bits per heavy atom. The van der Waals surface area contributed by atoms with E-state index in [0.29, 0.717) is 5.02 Å². The minimum absolute atomic E-state index is 0.632. The summed E-state index contributed by atoms with van der Waals surface area (Å²) in [6.07, 6.45) is 1.63. The van der Waals surface area contributed by atoms with Crippen molar-refractivity contribution >= 4 is 35.3 Å². The summed E-state index contributed by atoms with van der Waals surface area (Å²) in [4.78, 5) is 7.76. The van der Waals surface area contributed by atoms with Crippen LogP contribution in [0.5, 0.6) is 0 Å². The van der Waals surface area contributed by atoms with Crippen molar-refractivity contribution < 1.29 is 0 Å². The summed E-state index contributed by atoms with van der Waals surface area (Å²) >= 11 is 10.0. The fourth-order valence-electron chi connectivity index (χ4n) is 0.969. The molecule has 0 aliphatic rings. The zero-order chi connectivity index (χ0) is 7.84. The number of rotatable bonds is 0. The Labute approximate surface area is 74.0 Å². The molecular formula is C7H5ClN2S. The number of benzene rings is 1. The van der Waals surface area contributed by atoms with E-state index in [1.807, 2.05) is 6.07 Å². The lowest BCUT2D eigenvalue weighted by Gasteiger charge is -1.95. The summed E-state index contributed by atoms with van der Waals surface area (Å²) in [5.41, 5.74) is 1.78. The van der Waals surface area contributed by atoms with E-state index in [1.165, 1.54) is 0 Å². The number of nitrogens with zero attached hydrogens (tertiary/aromatic N) is 1. The van der Waals surface area contributed by atoms with Gasteiger partial charge in [0.2, 0.25) is 0 Å². The zero-order valence-electron chi connectivity index (χ0n) is 5.50. The average molecular weight is 185 g/mol. The maximum Gasteiger partial charge on any atom is 0.103 e. The van der Waals surface area contributed by atoms with Crippen LogP contribution in [0, 0.1) is 0 Å². The van der Waals surface area contributed by atoms with Gasteiger partial charge < -0.3 is 4.98 Å². The highest BCUT2D eigenvalue weighted by Crippen LogP contribution is 2.26. The van der Waals surface area contributed by atoms with Gasteiger partial charge in [0.15, 0.2) is 0 Å². The number of aromatic amines is 1. The molecular weight excluding hydrogens is 180 g/mol. The molecule has 0 saturated carbocycles. The molecule has 0 atom stereocenters. The van der Waals surface area contributed by atoms with Crippen LogP contribution in [-0.4, -0.2) is 9.97 Å². The first-order chi connectivity index (χ1) is 5.29. The maximum absolute atomic E-state index is 5.81. The number of fused-ring (bicyclic) bond motifs is 1. The normalized spacial score (nSPS) is 10.7.